The average molecular weight is 466 g/mol. The average Bonchev–Trinajstić information content (AvgIpc) is 2.82. The van der Waals surface area contributed by atoms with Gasteiger partial charge in [-0.2, -0.15) is 13.2 Å². The van der Waals surface area contributed by atoms with Crippen LogP contribution in [0.1, 0.15) is 27.3 Å². The number of nitrogens with zero attached hydrogens (tertiary/aromatic N) is 3. The number of pyridine rings is 3. The molecule has 3 heterocycles. The third-order valence-corrected chi connectivity index (χ3v) is 5.07. The van der Waals surface area contributed by atoms with E-state index in [2.05, 4.69) is 20.3 Å². The van der Waals surface area contributed by atoms with Gasteiger partial charge in [-0.15, -0.1) is 0 Å². The Morgan fingerprint density at radius 3 is 2.41 bits per heavy atom. The monoisotopic (exact) mass is 466 g/mol. The number of nitrogens with one attached hydrogen (secondary N) is 1. The molecule has 1 aromatic carbocycles. The predicted molar refractivity (Wildman–Crippen MR) is 118 cm³/mol. The standard InChI is InChI=1S/C25H18F4N4O/c1-15-9-16(12-32-23(15)18-7-8-30-22(11-18)25(27,28)29)13-33-24(34)21-6-5-19(14-31-21)17-3-2-4-20(26)10-17/h2-12,14H,13H2,1H3,(H,33,34). The minimum atomic E-state index is -4.54. The predicted octanol–water partition coefficient (Wildman–Crippen LogP) is 5.60. The Bertz CT molecular complexity index is 1340. The van der Waals surface area contributed by atoms with Gasteiger partial charge in [-0.1, -0.05) is 24.3 Å². The molecule has 0 saturated carbocycles. The molecule has 4 rings (SSSR count). The molecule has 0 aliphatic heterocycles. The van der Waals surface area contributed by atoms with Crippen molar-refractivity contribution in [1.29, 1.82) is 0 Å². The summed E-state index contributed by atoms with van der Waals surface area (Å²) in [5.74, 6) is -0.768. The molecule has 0 aliphatic rings. The Balaban J connectivity index is 1.43. The fourth-order valence-electron chi connectivity index (χ4n) is 3.40. The van der Waals surface area contributed by atoms with Crippen LogP contribution in [0.5, 0.6) is 0 Å². The Morgan fingerprint density at radius 1 is 0.912 bits per heavy atom. The van der Waals surface area contributed by atoms with Crippen molar-refractivity contribution in [2.75, 3.05) is 0 Å². The number of aryl methyl sites for hydroxylation is 1. The maximum absolute atomic E-state index is 13.4. The summed E-state index contributed by atoms with van der Waals surface area (Å²) < 4.78 is 52.2. The second-order valence-corrected chi connectivity index (χ2v) is 7.56. The topological polar surface area (TPSA) is 67.8 Å². The van der Waals surface area contributed by atoms with E-state index >= 15 is 0 Å². The summed E-state index contributed by atoms with van der Waals surface area (Å²) in [4.78, 5) is 24.3. The first-order valence-corrected chi connectivity index (χ1v) is 10.2. The lowest BCUT2D eigenvalue weighted by molar-refractivity contribution is -0.141. The van der Waals surface area contributed by atoms with Crippen LogP contribution in [0.4, 0.5) is 17.6 Å². The number of halogens is 4. The molecule has 9 heteroatoms. The molecule has 0 saturated heterocycles. The van der Waals surface area contributed by atoms with E-state index in [1.807, 2.05) is 0 Å². The normalized spacial score (nSPS) is 11.3. The molecule has 0 radical (unpaired) electrons. The summed E-state index contributed by atoms with van der Waals surface area (Å²) in [5.41, 5.74) is 2.57. The van der Waals surface area contributed by atoms with Crippen LogP contribution in [-0.4, -0.2) is 20.9 Å². The van der Waals surface area contributed by atoms with Crippen molar-refractivity contribution >= 4 is 5.91 Å². The van der Waals surface area contributed by atoms with Crippen molar-refractivity contribution in [3.05, 3.63) is 102 Å². The number of hydrogen-bond donors (Lipinski definition) is 1. The van der Waals surface area contributed by atoms with Gasteiger partial charge >= 0.3 is 6.18 Å². The summed E-state index contributed by atoms with van der Waals surface area (Å²) in [6.45, 7) is 1.89. The molecular weight excluding hydrogens is 448 g/mol. The lowest BCUT2D eigenvalue weighted by Crippen LogP contribution is -2.23. The fourth-order valence-corrected chi connectivity index (χ4v) is 3.40. The van der Waals surface area contributed by atoms with Crippen molar-refractivity contribution in [3.8, 4) is 22.4 Å². The van der Waals surface area contributed by atoms with E-state index in [0.717, 1.165) is 12.3 Å². The molecule has 0 spiro atoms. The zero-order valence-electron chi connectivity index (χ0n) is 17.9. The molecule has 0 bridgehead atoms. The van der Waals surface area contributed by atoms with Gasteiger partial charge in [0.25, 0.3) is 5.91 Å². The van der Waals surface area contributed by atoms with Crippen molar-refractivity contribution in [2.24, 2.45) is 0 Å². The highest BCUT2D eigenvalue weighted by Gasteiger charge is 2.32. The van der Waals surface area contributed by atoms with Gasteiger partial charge in [0.05, 0.1) is 5.69 Å². The smallest absolute Gasteiger partial charge is 0.347 e. The van der Waals surface area contributed by atoms with Gasteiger partial charge in [-0.3, -0.25) is 19.7 Å². The van der Waals surface area contributed by atoms with Crippen LogP contribution in [0, 0.1) is 12.7 Å². The van der Waals surface area contributed by atoms with Gasteiger partial charge in [0, 0.05) is 36.3 Å². The first-order valence-electron chi connectivity index (χ1n) is 10.2. The molecule has 0 aliphatic carbocycles. The zero-order chi connectivity index (χ0) is 24.3. The van der Waals surface area contributed by atoms with E-state index in [1.165, 1.54) is 30.6 Å². The maximum atomic E-state index is 13.4. The van der Waals surface area contributed by atoms with Gasteiger partial charge in [0.1, 0.15) is 17.2 Å². The van der Waals surface area contributed by atoms with Gasteiger partial charge in [0.15, 0.2) is 0 Å². The van der Waals surface area contributed by atoms with Gasteiger partial charge < -0.3 is 5.32 Å². The number of benzene rings is 1. The van der Waals surface area contributed by atoms with Crippen LogP contribution >= 0.6 is 0 Å². The van der Waals surface area contributed by atoms with Crippen LogP contribution in [0.25, 0.3) is 22.4 Å². The van der Waals surface area contributed by atoms with Crippen LogP contribution in [0.15, 0.2) is 73.2 Å². The summed E-state index contributed by atoms with van der Waals surface area (Å²) in [6, 6.07) is 13.5. The third kappa shape index (κ3) is 5.25. The first-order chi connectivity index (χ1) is 16.2. The van der Waals surface area contributed by atoms with Crippen molar-refractivity contribution in [2.45, 2.75) is 19.6 Å². The van der Waals surface area contributed by atoms with Crippen molar-refractivity contribution < 1.29 is 22.4 Å². The number of carbonyl (C=O) groups is 1. The van der Waals surface area contributed by atoms with E-state index in [4.69, 9.17) is 0 Å². The van der Waals surface area contributed by atoms with E-state index < -0.39 is 17.8 Å². The maximum Gasteiger partial charge on any atom is 0.433 e. The minimum Gasteiger partial charge on any atom is -0.347 e. The molecule has 172 valence electrons. The van der Waals surface area contributed by atoms with Crippen LogP contribution < -0.4 is 5.32 Å². The summed E-state index contributed by atoms with van der Waals surface area (Å²) in [6.07, 6.45) is -0.456. The molecule has 3 aromatic heterocycles. The first kappa shape index (κ1) is 23.0. The Labute approximate surface area is 192 Å². The highest BCUT2D eigenvalue weighted by Crippen LogP contribution is 2.31. The number of hydrogen-bond acceptors (Lipinski definition) is 4. The number of amides is 1. The Kier molecular flexibility index (Phi) is 6.36. The van der Waals surface area contributed by atoms with E-state index in [9.17, 15) is 22.4 Å². The highest BCUT2D eigenvalue weighted by molar-refractivity contribution is 5.92. The molecule has 0 atom stereocenters. The second-order valence-electron chi connectivity index (χ2n) is 7.56. The molecule has 5 nitrogen and oxygen atoms in total. The van der Waals surface area contributed by atoms with E-state index in [-0.39, 0.29) is 18.1 Å². The minimum absolute atomic E-state index is 0.157. The van der Waals surface area contributed by atoms with Crippen molar-refractivity contribution in [3.63, 3.8) is 0 Å². The van der Waals surface area contributed by atoms with Gasteiger partial charge in [-0.05, 0) is 53.9 Å². The number of carbonyl (C=O) groups excluding carboxylic acids is 1. The van der Waals surface area contributed by atoms with E-state index in [0.29, 0.717) is 33.5 Å². The van der Waals surface area contributed by atoms with E-state index in [1.54, 1.807) is 37.3 Å². The van der Waals surface area contributed by atoms with Crippen LogP contribution in [-0.2, 0) is 12.7 Å². The molecule has 4 aromatic rings. The lowest BCUT2D eigenvalue weighted by Gasteiger charge is -2.11. The largest absolute Gasteiger partial charge is 0.433 e. The quantitative estimate of drug-likeness (QED) is 0.389. The molecule has 0 fully saturated rings. The summed E-state index contributed by atoms with van der Waals surface area (Å²) in [5, 5.41) is 2.74. The SMILES string of the molecule is Cc1cc(CNC(=O)c2ccc(-c3cccc(F)c3)cn2)cnc1-c1ccnc(C(F)(F)F)c1. The van der Waals surface area contributed by atoms with Crippen molar-refractivity contribution in [1.82, 2.24) is 20.3 Å². The number of alkyl halides is 3. The lowest BCUT2D eigenvalue weighted by atomic mass is 10.1. The molecule has 1 amide bonds. The molecular formula is C25H18F4N4O. The number of rotatable bonds is 5. The van der Waals surface area contributed by atoms with Crippen LogP contribution in [0.3, 0.4) is 0 Å². The molecule has 0 unspecified atom stereocenters. The second kappa shape index (κ2) is 9.38. The molecule has 34 heavy (non-hydrogen) atoms. The van der Waals surface area contributed by atoms with Crippen LogP contribution in [0.2, 0.25) is 0 Å². The number of aromatic nitrogens is 3. The Morgan fingerprint density at radius 2 is 1.74 bits per heavy atom. The summed E-state index contributed by atoms with van der Waals surface area (Å²) >= 11 is 0. The summed E-state index contributed by atoms with van der Waals surface area (Å²) in [7, 11) is 0. The molecule has 1 N–H and O–H groups in total. The van der Waals surface area contributed by atoms with Gasteiger partial charge in [-0.25, -0.2) is 4.39 Å². The fraction of sp³-hybridized carbons (Fsp3) is 0.120. The highest BCUT2D eigenvalue weighted by atomic mass is 19.4. The Hall–Kier alpha value is -4.14. The zero-order valence-corrected chi connectivity index (χ0v) is 17.9. The van der Waals surface area contributed by atoms with Gasteiger partial charge in [0.2, 0.25) is 0 Å². The third-order valence-electron chi connectivity index (χ3n) is 5.07.